The average molecular weight is 619 g/mol. The first-order valence-corrected chi connectivity index (χ1v) is 14.4. The highest BCUT2D eigenvalue weighted by Crippen LogP contribution is 2.33. The summed E-state index contributed by atoms with van der Waals surface area (Å²) in [4.78, 5) is 37.5. The molecule has 5 rings (SSSR count). The number of aromatic nitrogens is 4. The molecule has 0 aliphatic carbocycles. The third-order valence-electron chi connectivity index (χ3n) is 7.68. The number of amides is 2. The zero-order valence-electron chi connectivity index (χ0n) is 25.1. The number of rotatable bonds is 7. The fraction of sp³-hybridized carbons (Fsp3) is 0.552. The quantitative estimate of drug-likeness (QED) is 0.407. The second kappa shape index (κ2) is 12.1. The molecule has 2 fully saturated rings. The zero-order chi connectivity index (χ0) is 31.8. The third-order valence-corrected chi connectivity index (χ3v) is 7.68. The van der Waals surface area contributed by atoms with Gasteiger partial charge in [-0.1, -0.05) is 20.8 Å². The van der Waals surface area contributed by atoms with E-state index < -0.39 is 30.1 Å². The Morgan fingerprint density at radius 1 is 1.16 bits per heavy atom. The van der Waals surface area contributed by atoms with Crippen molar-refractivity contribution in [1.29, 1.82) is 0 Å². The van der Waals surface area contributed by atoms with Gasteiger partial charge in [0, 0.05) is 50.8 Å². The van der Waals surface area contributed by atoms with Crippen molar-refractivity contribution in [3.63, 3.8) is 0 Å². The molecule has 0 saturated carbocycles. The topological polar surface area (TPSA) is 140 Å². The number of nitrogens with two attached hydrogens (primary N) is 1. The van der Waals surface area contributed by atoms with E-state index in [0.29, 0.717) is 23.3 Å². The lowest BCUT2D eigenvalue weighted by Crippen LogP contribution is -2.42. The monoisotopic (exact) mass is 618 g/mol. The molecular formula is C29H37F3N8O4. The number of alkyl halides is 3. The van der Waals surface area contributed by atoms with Crippen LogP contribution in [0.2, 0.25) is 0 Å². The highest BCUT2D eigenvalue weighted by atomic mass is 19.3. The molecule has 0 aromatic carbocycles. The number of pyridine rings is 1. The van der Waals surface area contributed by atoms with Gasteiger partial charge in [0.2, 0.25) is 5.88 Å². The SMILES string of the molecule is COc1ncc(-c2cc(CN3CCC(F)(F)CC3)c3c(N)ncnn23)cc1C(=O)N[C@@H]1CN(C(=O)OCC(C)(C)C)C[C@@H]1F. The Labute approximate surface area is 252 Å². The first kappa shape index (κ1) is 31.3. The van der Waals surface area contributed by atoms with E-state index in [1.54, 1.807) is 10.6 Å². The van der Waals surface area contributed by atoms with Crippen molar-refractivity contribution >= 4 is 23.3 Å². The smallest absolute Gasteiger partial charge is 0.409 e. The fourth-order valence-corrected chi connectivity index (χ4v) is 5.33. The molecule has 0 spiro atoms. The van der Waals surface area contributed by atoms with Gasteiger partial charge in [-0.3, -0.25) is 9.69 Å². The highest BCUT2D eigenvalue weighted by molar-refractivity contribution is 5.98. The van der Waals surface area contributed by atoms with E-state index in [0.717, 1.165) is 5.56 Å². The number of ether oxygens (including phenoxy) is 2. The van der Waals surface area contributed by atoms with Crippen LogP contribution in [0.4, 0.5) is 23.8 Å². The van der Waals surface area contributed by atoms with Gasteiger partial charge >= 0.3 is 6.09 Å². The van der Waals surface area contributed by atoms with Crippen molar-refractivity contribution < 1.29 is 32.2 Å². The lowest BCUT2D eigenvalue weighted by molar-refractivity contribution is -0.0565. The van der Waals surface area contributed by atoms with E-state index >= 15 is 0 Å². The number of nitrogen functional groups attached to an aromatic ring is 1. The molecule has 0 radical (unpaired) electrons. The van der Waals surface area contributed by atoms with Gasteiger partial charge in [0.25, 0.3) is 11.8 Å². The van der Waals surface area contributed by atoms with Crippen molar-refractivity contribution in [3.8, 4) is 17.1 Å². The van der Waals surface area contributed by atoms with Crippen molar-refractivity contribution in [2.24, 2.45) is 5.41 Å². The standard InChI is InChI=1S/C29H37F3N8O4/c1-28(2,3)15-44-27(42)39-13-20(30)21(14-39)37-25(41)19-9-17(11-34-26(19)43-4)22-10-18(23-24(33)35-16-36-40(22)23)12-38-7-5-29(31,32)6-8-38/h9-11,16,20-21H,5-8,12-15H2,1-4H3,(H,37,41)(H2,33,35,36)/t20-,21+/m0/s1. The number of nitrogens with one attached hydrogen (secondary N) is 1. The number of carbonyl (C=O) groups is 2. The summed E-state index contributed by atoms with van der Waals surface area (Å²) in [7, 11) is 1.36. The van der Waals surface area contributed by atoms with Crippen LogP contribution in [-0.2, 0) is 11.3 Å². The number of fused-ring (bicyclic) bond motifs is 1. The Morgan fingerprint density at radius 2 is 1.89 bits per heavy atom. The summed E-state index contributed by atoms with van der Waals surface area (Å²) < 4.78 is 54.6. The molecule has 3 aromatic rings. The largest absolute Gasteiger partial charge is 0.480 e. The number of nitrogens with zero attached hydrogens (tertiary/aromatic N) is 6. The van der Waals surface area contributed by atoms with Crippen LogP contribution in [0.5, 0.6) is 5.88 Å². The van der Waals surface area contributed by atoms with Gasteiger partial charge in [0.1, 0.15) is 23.6 Å². The number of carbonyl (C=O) groups excluding carboxylic acids is 2. The number of hydrogen-bond acceptors (Lipinski definition) is 9. The average Bonchev–Trinajstić information content (AvgIpc) is 3.53. The van der Waals surface area contributed by atoms with E-state index in [-0.39, 0.29) is 68.3 Å². The molecule has 0 bridgehead atoms. The van der Waals surface area contributed by atoms with E-state index in [1.807, 2.05) is 31.7 Å². The maximum atomic E-state index is 14.9. The molecule has 15 heteroatoms. The molecule has 44 heavy (non-hydrogen) atoms. The molecule has 3 N–H and O–H groups in total. The van der Waals surface area contributed by atoms with E-state index in [9.17, 15) is 22.8 Å². The highest BCUT2D eigenvalue weighted by Gasteiger charge is 2.38. The molecule has 5 heterocycles. The summed E-state index contributed by atoms with van der Waals surface area (Å²) in [5.41, 5.74) is 8.28. The maximum absolute atomic E-state index is 14.9. The normalized spacial score (nSPS) is 20.6. The Bertz CT molecular complexity index is 1530. The molecular weight excluding hydrogens is 581 g/mol. The van der Waals surface area contributed by atoms with Gasteiger partial charge in [-0.15, -0.1) is 0 Å². The molecule has 2 aliphatic heterocycles. The number of hydrogen-bond donors (Lipinski definition) is 2. The summed E-state index contributed by atoms with van der Waals surface area (Å²) in [6, 6.07) is 2.39. The molecule has 3 aromatic heterocycles. The van der Waals surface area contributed by atoms with Crippen molar-refractivity contribution in [2.45, 2.75) is 58.3 Å². The molecule has 2 aliphatic rings. The van der Waals surface area contributed by atoms with E-state index in [4.69, 9.17) is 15.2 Å². The second-order valence-corrected chi connectivity index (χ2v) is 12.5. The van der Waals surface area contributed by atoms with Gasteiger partial charge < -0.3 is 25.4 Å². The van der Waals surface area contributed by atoms with Crippen LogP contribution in [-0.4, -0.2) is 99.4 Å². The second-order valence-electron chi connectivity index (χ2n) is 12.5. The molecule has 2 amide bonds. The van der Waals surface area contributed by atoms with Crippen LogP contribution in [0.25, 0.3) is 16.8 Å². The summed E-state index contributed by atoms with van der Waals surface area (Å²) in [5.74, 6) is -3.08. The Balaban J connectivity index is 1.38. The predicted molar refractivity (Wildman–Crippen MR) is 155 cm³/mol. The van der Waals surface area contributed by atoms with Crippen molar-refractivity contribution in [1.82, 2.24) is 34.7 Å². The van der Waals surface area contributed by atoms with E-state index in [2.05, 4.69) is 20.4 Å². The van der Waals surface area contributed by atoms with Crippen LogP contribution >= 0.6 is 0 Å². The fourth-order valence-electron chi connectivity index (χ4n) is 5.33. The maximum Gasteiger partial charge on any atom is 0.409 e. The molecule has 238 valence electrons. The lowest BCUT2D eigenvalue weighted by atomic mass is 9.99. The summed E-state index contributed by atoms with van der Waals surface area (Å²) in [6.07, 6.45) is 0.193. The number of piperidine rings is 1. The number of anilines is 1. The summed E-state index contributed by atoms with van der Waals surface area (Å²) >= 11 is 0. The zero-order valence-corrected chi connectivity index (χ0v) is 25.1. The lowest BCUT2D eigenvalue weighted by Gasteiger charge is -2.31. The Morgan fingerprint density at radius 3 is 2.57 bits per heavy atom. The van der Waals surface area contributed by atoms with Crippen LogP contribution in [0.15, 0.2) is 24.7 Å². The Hall–Kier alpha value is -4.14. The number of likely N-dealkylation sites (tertiary alicyclic amines) is 2. The van der Waals surface area contributed by atoms with E-state index in [1.165, 1.54) is 24.5 Å². The van der Waals surface area contributed by atoms with Crippen LogP contribution < -0.4 is 15.8 Å². The van der Waals surface area contributed by atoms with Gasteiger partial charge in [-0.05, 0) is 23.1 Å². The van der Waals surface area contributed by atoms with Gasteiger partial charge in [0.15, 0.2) is 5.82 Å². The molecule has 0 unspecified atom stereocenters. The van der Waals surface area contributed by atoms with Crippen molar-refractivity contribution in [3.05, 3.63) is 35.8 Å². The van der Waals surface area contributed by atoms with Crippen molar-refractivity contribution in [2.75, 3.05) is 45.6 Å². The minimum absolute atomic E-state index is 0.0190. The van der Waals surface area contributed by atoms with Gasteiger partial charge in [0.05, 0.1) is 32.0 Å². The van der Waals surface area contributed by atoms with Crippen LogP contribution in [0.1, 0.15) is 49.5 Å². The summed E-state index contributed by atoms with van der Waals surface area (Å²) in [6.45, 7) is 6.45. The minimum Gasteiger partial charge on any atom is -0.480 e. The molecule has 2 saturated heterocycles. The molecule has 2 atom stereocenters. The summed E-state index contributed by atoms with van der Waals surface area (Å²) in [5, 5.41) is 7.01. The molecule has 12 nitrogen and oxygen atoms in total. The van der Waals surface area contributed by atoms with Crippen LogP contribution in [0, 0.1) is 5.41 Å². The van der Waals surface area contributed by atoms with Gasteiger partial charge in [-0.2, -0.15) is 5.10 Å². The first-order valence-electron chi connectivity index (χ1n) is 14.4. The third kappa shape index (κ3) is 6.82. The predicted octanol–water partition coefficient (Wildman–Crippen LogP) is 3.55. The number of halogens is 3. The van der Waals surface area contributed by atoms with Gasteiger partial charge in [-0.25, -0.2) is 32.4 Å². The number of methoxy groups -OCH3 is 1. The first-order chi connectivity index (χ1) is 20.7. The Kier molecular flexibility index (Phi) is 8.60. The minimum atomic E-state index is -2.67. The van der Waals surface area contributed by atoms with Crippen LogP contribution in [0.3, 0.4) is 0 Å².